The molecular weight excluding hydrogens is 256 g/mol. The smallest absolute Gasteiger partial charge is 0.157 e. The molecular formula is C16H34O4. The predicted octanol–water partition coefficient (Wildman–Crippen LogP) is 3.84. The van der Waals surface area contributed by atoms with Crippen LogP contribution in [0.3, 0.4) is 0 Å². The molecule has 0 saturated carbocycles. The molecule has 0 radical (unpaired) electrons. The van der Waals surface area contributed by atoms with Gasteiger partial charge in [-0.05, 0) is 39.5 Å². The summed E-state index contributed by atoms with van der Waals surface area (Å²) in [6.07, 6.45) is 1.63. The molecule has 0 bridgehead atoms. The first kappa shape index (κ1) is 19.8. The molecule has 0 aliphatic carbocycles. The van der Waals surface area contributed by atoms with Crippen LogP contribution in [0.1, 0.15) is 54.4 Å². The molecule has 122 valence electrons. The fourth-order valence-electron chi connectivity index (χ4n) is 2.18. The van der Waals surface area contributed by atoms with Gasteiger partial charge in [-0.15, -0.1) is 0 Å². The molecule has 20 heavy (non-hydrogen) atoms. The van der Waals surface area contributed by atoms with Gasteiger partial charge >= 0.3 is 0 Å². The van der Waals surface area contributed by atoms with E-state index in [-0.39, 0.29) is 12.6 Å². The average Bonchev–Trinajstić information content (AvgIpc) is 2.39. The first-order chi connectivity index (χ1) is 9.58. The SMILES string of the molecule is CCOC(CC(C)C(C)CC(OCC)OCC)OCC. The van der Waals surface area contributed by atoms with Gasteiger partial charge in [0.15, 0.2) is 12.6 Å². The van der Waals surface area contributed by atoms with Gasteiger partial charge in [0.25, 0.3) is 0 Å². The summed E-state index contributed by atoms with van der Waals surface area (Å²) in [5.74, 6) is 1.00. The highest BCUT2D eigenvalue weighted by Crippen LogP contribution is 2.24. The number of hydrogen-bond acceptors (Lipinski definition) is 4. The summed E-state index contributed by atoms with van der Waals surface area (Å²) in [7, 11) is 0. The van der Waals surface area contributed by atoms with Crippen molar-refractivity contribution in [3.05, 3.63) is 0 Å². The van der Waals surface area contributed by atoms with Gasteiger partial charge in [-0.1, -0.05) is 13.8 Å². The van der Waals surface area contributed by atoms with E-state index in [0.29, 0.717) is 38.3 Å². The second-order valence-electron chi connectivity index (χ2n) is 5.11. The van der Waals surface area contributed by atoms with Crippen LogP contribution in [-0.2, 0) is 18.9 Å². The second-order valence-corrected chi connectivity index (χ2v) is 5.11. The molecule has 2 unspecified atom stereocenters. The van der Waals surface area contributed by atoms with Gasteiger partial charge in [-0.2, -0.15) is 0 Å². The normalized spacial score (nSPS) is 15.0. The van der Waals surface area contributed by atoms with E-state index in [1.54, 1.807) is 0 Å². The Morgan fingerprint density at radius 2 is 0.800 bits per heavy atom. The molecule has 0 N–H and O–H groups in total. The Morgan fingerprint density at radius 1 is 0.550 bits per heavy atom. The molecule has 0 spiro atoms. The van der Waals surface area contributed by atoms with Gasteiger partial charge < -0.3 is 18.9 Å². The van der Waals surface area contributed by atoms with E-state index in [9.17, 15) is 0 Å². The number of ether oxygens (including phenoxy) is 4. The molecule has 0 fully saturated rings. The van der Waals surface area contributed by atoms with Crippen molar-refractivity contribution in [1.82, 2.24) is 0 Å². The quantitative estimate of drug-likeness (QED) is 0.483. The zero-order valence-corrected chi connectivity index (χ0v) is 14.2. The summed E-state index contributed by atoms with van der Waals surface area (Å²) in [4.78, 5) is 0. The maximum Gasteiger partial charge on any atom is 0.157 e. The topological polar surface area (TPSA) is 36.9 Å². The lowest BCUT2D eigenvalue weighted by Crippen LogP contribution is -2.27. The van der Waals surface area contributed by atoms with Crippen molar-refractivity contribution in [1.29, 1.82) is 0 Å². The molecule has 0 amide bonds. The Kier molecular flexibility index (Phi) is 12.5. The molecule has 0 heterocycles. The fraction of sp³-hybridized carbons (Fsp3) is 1.00. The van der Waals surface area contributed by atoms with E-state index >= 15 is 0 Å². The summed E-state index contributed by atoms with van der Waals surface area (Å²) in [5.41, 5.74) is 0. The summed E-state index contributed by atoms with van der Waals surface area (Å²) in [6, 6.07) is 0. The van der Waals surface area contributed by atoms with Crippen molar-refractivity contribution < 1.29 is 18.9 Å². The van der Waals surface area contributed by atoms with E-state index < -0.39 is 0 Å². The molecule has 4 nitrogen and oxygen atoms in total. The first-order valence-corrected chi connectivity index (χ1v) is 8.05. The maximum atomic E-state index is 5.62. The molecule has 0 aliphatic rings. The summed E-state index contributed by atoms with van der Waals surface area (Å²) < 4.78 is 22.5. The standard InChI is InChI=1S/C16H34O4/c1-7-17-15(18-8-2)11-13(5)14(6)12-16(19-9-3)20-10-4/h13-16H,7-12H2,1-6H3. The van der Waals surface area contributed by atoms with Crippen LogP contribution >= 0.6 is 0 Å². The third-order valence-electron chi connectivity index (χ3n) is 3.51. The van der Waals surface area contributed by atoms with Crippen molar-refractivity contribution >= 4 is 0 Å². The molecule has 0 aromatic rings. The van der Waals surface area contributed by atoms with Gasteiger partial charge in [0.2, 0.25) is 0 Å². The minimum atomic E-state index is -0.0971. The third kappa shape index (κ3) is 8.90. The average molecular weight is 290 g/mol. The van der Waals surface area contributed by atoms with Gasteiger partial charge in [0.1, 0.15) is 0 Å². The molecule has 0 aromatic carbocycles. The van der Waals surface area contributed by atoms with Gasteiger partial charge in [-0.25, -0.2) is 0 Å². The van der Waals surface area contributed by atoms with E-state index in [1.165, 1.54) is 0 Å². The molecule has 0 saturated heterocycles. The maximum absolute atomic E-state index is 5.62. The summed E-state index contributed by atoms with van der Waals surface area (Å²) in [5, 5.41) is 0. The molecule has 4 heteroatoms. The van der Waals surface area contributed by atoms with Crippen molar-refractivity contribution in [3.8, 4) is 0 Å². The lowest BCUT2D eigenvalue weighted by molar-refractivity contribution is -0.160. The van der Waals surface area contributed by atoms with Crippen molar-refractivity contribution in [2.24, 2.45) is 11.8 Å². The highest BCUT2D eigenvalue weighted by Gasteiger charge is 2.22. The van der Waals surface area contributed by atoms with Gasteiger partial charge in [-0.3, -0.25) is 0 Å². The van der Waals surface area contributed by atoms with Crippen LogP contribution < -0.4 is 0 Å². The third-order valence-corrected chi connectivity index (χ3v) is 3.51. The van der Waals surface area contributed by atoms with Gasteiger partial charge in [0.05, 0.1) is 0 Å². The van der Waals surface area contributed by atoms with Crippen LogP contribution in [0.15, 0.2) is 0 Å². The molecule has 0 aliphatic heterocycles. The predicted molar refractivity (Wildman–Crippen MR) is 81.6 cm³/mol. The van der Waals surface area contributed by atoms with E-state index in [1.807, 2.05) is 27.7 Å². The van der Waals surface area contributed by atoms with Crippen LogP contribution in [0.4, 0.5) is 0 Å². The van der Waals surface area contributed by atoms with E-state index in [2.05, 4.69) is 13.8 Å². The fourth-order valence-corrected chi connectivity index (χ4v) is 2.18. The Balaban J connectivity index is 4.24. The van der Waals surface area contributed by atoms with Crippen LogP contribution in [0.2, 0.25) is 0 Å². The van der Waals surface area contributed by atoms with Crippen molar-refractivity contribution in [2.75, 3.05) is 26.4 Å². The largest absolute Gasteiger partial charge is 0.353 e. The zero-order chi connectivity index (χ0) is 15.4. The Bertz CT molecular complexity index is 177. The summed E-state index contributed by atoms with van der Waals surface area (Å²) >= 11 is 0. The van der Waals surface area contributed by atoms with E-state index in [0.717, 1.165) is 12.8 Å². The first-order valence-electron chi connectivity index (χ1n) is 8.05. The van der Waals surface area contributed by atoms with Crippen LogP contribution in [0.5, 0.6) is 0 Å². The highest BCUT2D eigenvalue weighted by atomic mass is 16.7. The van der Waals surface area contributed by atoms with Crippen molar-refractivity contribution in [2.45, 2.75) is 67.0 Å². The Labute approximate surface area is 125 Å². The van der Waals surface area contributed by atoms with Gasteiger partial charge in [0, 0.05) is 39.3 Å². The van der Waals surface area contributed by atoms with Crippen LogP contribution in [0.25, 0.3) is 0 Å². The monoisotopic (exact) mass is 290 g/mol. The lowest BCUT2D eigenvalue weighted by atomic mass is 9.89. The number of rotatable bonds is 13. The Morgan fingerprint density at radius 3 is 1.00 bits per heavy atom. The Hall–Kier alpha value is -0.160. The highest BCUT2D eigenvalue weighted by molar-refractivity contribution is 4.66. The minimum absolute atomic E-state index is 0.0971. The second kappa shape index (κ2) is 12.6. The summed E-state index contributed by atoms with van der Waals surface area (Å²) in [6.45, 7) is 15.2. The molecule has 0 rings (SSSR count). The zero-order valence-electron chi connectivity index (χ0n) is 14.2. The molecule has 2 atom stereocenters. The number of hydrogen-bond donors (Lipinski definition) is 0. The lowest BCUT2D eigenvalue weighted by Gasteiger charge is -2.27. The van der Waals surface area contributed by atoms with Crippen molar-refractivity contribution in [3.63, 3.8) is 0 Å². The molecule has 0 aromatic heterocycles. The van der Waals surface area contributed by atoms with Crippen LogP contribution in [-0.4, -0.2) is 39.0 Å². The van der Waals surface area contributed by atoms with Crippen LogP contribution in [0, 0.1) is 11.8 Å². The van der Waals surface area contributed by atoms with E-state index in [4.69, 9.17) is 18.9 Å². The minimum Gasteiger partial charge on any atom is -0.353 e.